The first-order chi connectivity index (χ1) is 9.51. The first kappa shape index (κ1) is 16.3. The van der Waals surface area contributed by atoms with Gasteiger partial charge in [-0.3, -0.25) is 4.79 Å². The zero-order valence-corrected chi connectivity index (χ0v) is 12.8. The number of carbonyl (C=O) groups excluding carboxylic acids is 1. The minimum atomic E-state index is -0.0782. The van der Waals surface area contributed by atoms with Crippen molar-refractivity contribution in [3.05, 3.63) is 23.8 Å². The summed E-state index contributed by atoms with van der Waals surface area (Å²) in [6.07, 6.45) is 0. The van der Waals surface area contributed by atoms with Crippen LogP contribution in [0.1, 0.15) is 31.1 Å². The summed E-state index contributed by atoms with van der Waals surface area (Å²) >= 11 is 0. The standard InChI is InChI=1S/C15H25N3O2/c1-5-17-15(19)13-7-6-12(16)10-14(13)18(11(2)3)8-9-20-4/h6-7,10-11H,5,8-9,16H2,1-4H3,(H,17,19). The van der Waals surface area contributed by atoms with E-state index in [-0.39, 0.29) is 11.9 Å². The summed E-state index contributed by atoms with van der Waals surface area (Å²) in [6, 6.07) is 5.63. The van der Waals surface area contributed by atoms with Crippen molar-refractivity contribution in [1.82, 2.24) is 5.32 Å². The van der Waals surface area contributed by atoms with E-state index in [0.29, 0.717) is 30.9 Å². The molecule has 0 aromatic heterocycles. The van der Waals surface area contributed by atoms with Gasteiger partial charge in [0.15, 0.2) is 0 Å². The molecule has 0 aliphatic rings. The topological polar surface area (TPSA) is 67.6 Å². The van der Waals surface area contributed by atoms with Crippen molar-refractivity contribution < 1.29 is 9.53 Å². The number of anilines is 2. The third kappa shape index (κ3) is 4.13. The molecule has 0 atom stereocenters. The Morgan fingerprint density at radius 2 is 2.15 bits per heavy atom. The third-order valence-electron chi connectivity index (χ3n) is 3.07. The molecular formula is C15H25N3O2. The van der Waals surface area contributed by atoms with Crippen molar-refractivity contribution in [2.24, 2.45) is 0 Å². The number of nitrogen functional groups attached to an aromatic ring is 1. The molecule has 1 aromatic carbocycles. The second kappa shape index (κ2) is 7.75. The number of hydrogen-bond acceptors (Lipinski definition) is 4. The summed E-state index contributed by atoms with van der Waals surface area (Å²) in [5, 5.41) is 2.83. The summed E-state index contributed by atoms with van der Waals surface area (Å²) in [6.45, 7) is 7.98. The average molecular weight is 279 g/mol. The van der Waals surface area contributed by atoms with Gasteiger partial charge in [0.1, 0.15) is 0 Å². The van der Waals surface area contributed by atoms with Gasteiger partial charge in [-0.1, -0.05) is 0 Å². The predicted molar refractivity (Wildman–Crippen MR) is 83.2 cm³/mol. The largest absolute Gasteiger partial charge is 0.399 e. The number of nitrogens with zero attached hydrogens (tertiary/aromatic N) is 1. The molecule has 0 heterocycles. The molecule has 0 fully saturated rings. The second-order valence-corrected chi connectivity index (χ2v) is 4.92. The maximum atomic E-state index is 12.2. The number of nitrogens with one attached hydrogen (secondary N) is 1. The fourth-order valence-electron chi connectivity index (χ4n) is 2.08. The van der Waals surface area contributed by atoms with Crippen LogP contribution in [0.3, 0.4) is 0 Å². The van der Waals surface area contributed by atoms with Crippen molar-refractivity contribution in [1.29, 1.82) is 0 Å². The molecule has 0 saturated carbocycles. The fourth-order valence-corrected chi connectivity index (χ4v) is 2.08. The Kier molecular flexibility index (Phi) is 6.31. The Balaban J connectivity index is 3.16. The van der Waals surface area contributed by atoms with E-state index in [2.05, 4.69) is 24.1 Å². The van der Waals surface area contributed by atoms with Gasteiger partial charge in [-0.15, -0.1) is 0 Å². The van der Waals surface area contributed by atoms with Gasteiger partial charge in [0.2, 0.25) is 0 Å². The van der Waals surface area contributed by atoms with Crippen molar-refractivity contribution >= 4 is 17.3 Å². The maximum Gasteiger partial charge on any atom is 0.253 e. The van der Waals surface area contributed by atoms with Crippen LogP contribution >= 0.6 is 0 Å². The molecule has 0 radical (unpaired) electrons. The number of amides is 1. The van der Waals surface area contributed by atoms with E-state index in [1.54, 1.807) is 19.2 Å². The third-order valence-corrected chi connectivity index (χ3v) is 3.07. The summed E-state index contributed by atoms with van der Waals surface area (Å²) in [7, 11) is 1.67. The number of benzene rings is 1. The summed E-state index contributed by atoms with van der Waals surface area (Å²) in [5.74, 6) is -0.0782. The number of nitrogens with two attached hydrogens (primary N) is 1. The van der Waals surface area contributed by atoms with Gasteiger partial charge in [0.05, 0.1) is 17.9 Å². The lowest BCUT2D eigenvalue weighted by Crippen LogP contribution is -2.36. The molecule has 5 nitrogen and oxygen atoms in total. The smallest absolute Gasteiger partial charge is 0.253 e. The lowest BCUT2D eigenvalue weighted by atomic mass is 10.1. The van der Waals surface area contributed by atoms with Gasteiger partial charge < -0.3 is 20.7 Å². The van der Waals surface area contributed by atoms with Gasteiger partial charge >= 0.3 is 0 Å². The van der Waals surface area contributed by atoms with E-state index in [4.69, 9.17) is 10.5 Å². The first-order valence-electron chi connectivity index (χ1n) is 6.94. The van der Waals surface area contributed by atoms with Crippen molar-refractivity contribution in [2.45, 2.75) is 26.8 Å². The van der Waals surface area contributed by atoms with Gasteiger partial charge in [0.25, 0.3) is 5.91 Å². The highest BCUT2D eigenvalue weighted by molar-refractivity contribution is 6.00. The predicted octanol–water partition coefficient (Wildman–Crippen LogP) is 1.88. The highest BCUT2D eigenvalue weighted by Gasteiger charge is 2.18. The minimum absolute atomic E-state index is 0.0782. The maximum absolute atomic E-state index is 12.2. The zero-order chi connectivity index (χ0) is 15.1. The van der Waals surface area contributed by atoms with Crippen LogP contribution < -0.4 is 16.0 Å². The van der Waals surface area contributed by atoms with Crippen LogP contribution in [0.4, 0.5) is 11.4 Å². The lowest BCUT2D eigenvalue weighted by Gasteiger charge is -2.30. The molecule has 0 aliphatic heterocycles. The SMILES string of the molecule is CCNC(=O)c1ccc(N)cc1N(CCOC)C(C)C. The Morgan fingerprint density at radius 3 is 2.70 bits per heavy atom. The normalized spacial score (nSPS) is 10.7. The summed E-state index contributed by atoms with van der Waals surface area (Å²) in [5.41, 5.74) is 8.02. The molecule has 0 saturated heterocycles. The van der Waals surface area contributed by atoms with Crippen molar-refractivity contribution in [2.75, 3.05) is 37.4 Å². The first-order valence-corrected chi connectivity index (χ1v) is 6.94. The average Bonchev–Trinajstić information content (AvgIpc) is 2.39. The van der Waals surface area contributed by atoms with Crippen LogP contribution in [0.2, 0.25) is 0 Å². The quantitative estimate of drug-likeness (QED) is 0.748. The highest BCUT2D eigenvalue weighted by atomic mass is 16.5. The minimum Gasteiger partial charge on any atom is -0.399 e. The Morgan fingerprint density at radius 1 is 1.45 bits per heavy atom. The lowest BCUT2D eigenvalue weighted by molar-refractivity contribution is 0.0956. The van der Waals surface area contributed by atoms with Crippen LogP contribution in [0.5, 0.6) is 0 Å². The molecular weight excluding hydrogens is 254 g/mol. The second-order valence-electron chi connectivity index (χ2n) is 4.92. The van der Waals surface area contributed by atoms with Crippen LogP contribution in [-0.2, 0) is 4.74 Å². The van der Waals surface area contributed by atoms with E-state index in [0.717, 1.165) is 5.69 Å². The Hall–Kier alpha value is -1.75. The number of rotatable bonds is 7. The molecule has 0 spiro atoms. The van der Waals surface area contributed by atoms with Crippen LogP contribution in [-0.4, -0.2) is 38.8 Å². The molecule has 20 heavy (non-hydrogen) atoms. The number of methoxy groups -OCH3 is 1. The number of carbonyl (C=O) groups is 1. The summed E-state index contributed by atoms with van der Waals surface area (Å²) < 4.78 is 5.15. The molecule has 3 N–H and O–H groups in total. The molecule has 1 rings (SSSR count). The zero-order valence-electron chi connectivity index (χ0n) is 12.8. The van der Waals surface area contributed by atoms with E-state index >= 15 is 0 Å². The molecule has 0 aliphatic carbocycles. The highest BCUT2D eigenvalue weighted by Crippen LogP contribution is 2.25. The van der Waals surface area contributed by atoms with E-state index in [1.807, 2.05) is 13.0 Å². The number of ether oxygens (including phenoxy) is 1. The van der Waals surface area contributed by atoms with Crippen LogP contribution in [0, 0.1) is 0 Å². The Labute approximate surface area is 121 Å². The van der Waals surface area contributed by atoms with Gasteiger partial charge in [-0.05, 0) is 39.0 Å². The van der Waals surface area contributed by atoms with E-state index in [9.17, 15) is 4.79 Å². The van der Waals surface area contributed by atoms with E-state index in [1.165, 1.54) is 0 Å². The molecule has 5 heteroatoms. The molecule has 112 valence electrons. The molecule has 1 aromatic rings. The molecule has 0 bridgehead atoms. The van der Waals surface area contributed by atoms with E-state index < -0.39 is 0 Å². The van der Waals surface area contributed by atoms with Crippen molar-refractivity contribution in [3.63, 3.8) is 0 Å². The van der Waals surface area contributed by atoms with Crippen LogP contribution in [0.25, 0.3) is 0 Å². The summed E-state index contributed by atoms with van der Waals surface area (Å²) in [4.78, 5) is 14.3. The van der Waals surface area contributed by atoms with Gasteiger partial charge in [-0.25, -0.2) is 0 Å². The fraction of sp³-hybridized carbons (Fsp3) is 0.533. The van der Waals surface area contributed by atoms with Crippen LogP contribution in [0.15, 0.2) is 18.2 Å². The van der Waals surface area contributed by atoms with Crippen molar-refractivity contribution in [3.8, 4) is 0 Å². The number of hydrogen-bond donors (Lipinski definition) is 2. The van der Waals surface area contributed by atoms with Gasteiger partial charge in [0, 0.05) is 31.9 Å². The monoisotopic (exact) mass is 279 g/mol. The van der Waals surface area contributed by atoms with Gasteiger partial charge in [-0.2, -0.15) is 0 Å². The molecule has 0 unspecified atom stereocenters. The molecule has 1 amide bonds. The Bertz CT molecular complexity index is 447.